The van der Waals surface area contributed by atoms with E-state index in [1.54, 1.807) is 0 Å². The fourth-order valence-corrected chi connectivity index (χ4v) is 1.84. The van der Waals surface area contributed by atoms with E-state index >= 15 is 0 Å². The number of hydrogen-bond acceptors (Lipinski definition) is 1. The molecule has 2 rings (SSSR count). The quantitative estimate of drug-likeness (QED) is 0.694. The van der Waals surface area contributed by atoms with Gasteiger partial charge in [-0.3, -0.25) is 0 Å². The highest BCUT2D eigenvalue weighted by atomic mass is 35.5. The summed E-state index contributed by atoms with van der Waals surface area (Å²) in [4.78, 5) is 4.54. The van der Waals surface area contributed by atoms with Crippen LogP contribution >= 0.6 is 11.6 Å². The number of rotatable bonds is 2. The molecule has 14 heavy (non-hydrogen) atoms. The summed E-state index contributed by atoms with van der Waals surface area (Å²) >= 11 is 5.71. The van der Waals surface area contributed by atoms with Gasteiger partial charge in [0.05, 0.1) is 11.0 Å². The Hall–Kier alpha value is -1.02. The zero-order valence-electron chi connectivity index (χ0n) is 8.42. The van der Waals surface area contributed by atoms with Crippen LogP contribution in [0.25, 0.3) is 11.0 Å². The minimum absolute atomic E-state index is 0.621. The second-order valence-corrected chi connectivity index (χ2v) is 3.90. The molecule has 74 valence electrons. The number of fused-ring (bicyclic) bond motifs is 1. The van der Waals surface area contributed by atoms with Gasteiger partial charge in [0, 0.05) is 19.3 Å². The molecule has 2 aromatic rings. The highest BCUT2D eigenvalue weighted by Crippen LogP contribution is 2.16. The highest BCUT2D eigenvalue weighted by Gasteiger charge is 2.06. The van der Waals surface area contributed by atoms with Gasteiger partial charge in [0.25, 0.3) is 0 Å². The largest absolute Gasteiger partial charge is 0.331 e. The van der Waals surface area contributed by atoms with E-state index in [2.05, 4.69) is 34.7 Å². The van der Waals surface area contributed by atoms with Crippen molar-refractivity contribution >= 4 is 22.6 Å². The maximum Gasteiger partial charge on any atom is 0.110 e. The average Bonchev–Trinajstić information content (AvgIpc) is 2.44. The van der Waals surface area contributed by atoms with Gasteiger partial charge in [-0.25, -0.2) is 4.98 Å². The predicted molar refractivity (Wildman–Crippen MR) is 59.9 cm³/mol. The summed E-state index contributed by atoms with van der Waals surface area (Å²) < 4.78 is 2.11. The fourth-order valence-electron chi connectivity index (χ4n) is 1.67. The Morgan fingerprint density at radius 2 is 2.21 bits per heavy atom. The first-order valence-electron chi connectivity index (χ1n) is 4.70. The van der Waals surface area contributed by atoms with Crippen LogP contribution in [-0.4, -0.2) is 15.4 Å². The summed E-state index contributed by atoms with van der Waals surface area (Å²) in [5.74, 6) is 1.68. The van der Waals surface area contributed by atoms with Gasteiger partial charge in [0.2, 0.25) is 0 Å². The first kappa shape index (κ1) is 9.53. The van der Waals surface area contributed by atoms with Gasteiger partial charge in [0.15, 0.2) is 0 Å². The normalized spacial score (nSPS) is 11.1. The SMILES string of the molecule is Cc1ccc2c(c1)nc(CCCl)n2C. The molecule has 0 aliphatic rings. The van der Waals surface area contributed by atoms with E-state index in [-0.39, 0.29) is 0 Å². The molecule has 0 fully saturated rings. The monoisotopic (exact) mass is 208 g/mol. The lowest BCUT2D eigenvalue weighted by Gasteiger charge is -1.98. The molecule has 0 bridgehead atoms. The molecule has 0 aliphatic heterocycles. The number of nitrogens with zero attached hydrogens (tertiary/aromatic N) is 2. The van der Waals surface area contributed by atoms with Crippen molar-refractivity contribution in [2.24, 2.45) is 7.05 Å². The third kappa shape index (κ3) is 1.50. The summed E-state index contributed by atoms with van der Waals surface area (Å²) in [6.07, 6.45) is 0.825. The van der Waals surface area contributed by atoms with E-state index in [1.165, 1.54) is 11.1 Å². The van der Waals surface area contributed by atoms with E-state index in [1.807, 2.05) is 7.05 Å². The number of alkyl halides is 1. The van der Waals surface area contributed by atoms with Crippen molar-refractivity contribution in [2.75, 3.05) is 5.88 Å². The molecule has 0 atom stereocenters. The lowest BCUT2D eigenvalue weighted by Crippen LogP contribution is -1.98. The standard InChI is InChI=1S/C11H13ClN2/c1-8-3-4-10-9(7-8)13-11(5-6-12)14(10)2/h3-4,7H,5-6H2,1-2H3. The molecule has 0 N–H and O–H groups in total. The minimum atomic E-state index is 0.621. The summed E-state index contributed by atoms with van der Waals surface area (Å²) in [6, 6.07) is 6.32. The third-order valence-electron chi connectivity index (χ3n) is 2.45. The van der Waals surface area contributed by atoms with Crippen molar-refractivity contribution in [2.45, 2.75) is 13.3 Å². The van der Waals surface area contributed by atoms with E-state index in [9.17, 15) is 0 Å². The second-order valence-electron chi connectivity index (χ2n) is 3.52. The van der Waals surface area contributed by atoms with Gasteiger partial charge in [0.1, 0.15) is 5.82 Å². The smallest absolute Gasteiger partial charge is 0.110 e. The summed E-state index contributed by atoms with van der Waals surface area (Å²) in [5, 5.41) is 0. The maximum absolute atomic E-state index is 5.71. The molecule has 2 nitrogen and oxygen atoms in total. The van der Waals surface area contributed by atoms with Crippen molar-refractivity contribution in [1.29, 1.82) is 0 Å². The lowest BCUT2D eigenvalue weighted by atomic mass is 10.2. The Morgan fingerprint density at radius 1 is 1.43 bits per heavy atom. The van der Waals surface area contributed by atoms with Crippen molar-refractivity contribution in [3.8, 4) is 0 Å². The Balaban J connectivity index is 2.61. The molecule has 0 saturated carbocycles. The van der Waals surface area contributed by atoms with Crippen LogP contribution in [0.2, 0.25) is 0 Å². The molecule has 0 spiro atoms. The Bertz CT molecular complexity index is 460. The number of imidazole rings is 1. The number of halogens is 1. The first-order valence-corrected chi connectivity index (χ1v) is 5.24. The molecule has 0 radical (unpaired) electrons. The molecule has 0 aliphatic carbocycles. The van der Waals surface area contributed by atoms with E-state index < -0.39 is 0 Å². The molecule has 3 heteroatoms. The van der Waals surface area contributed by atoms with Crippen LogP contribution in [0.4, 0.5) is 0 Å². The van der Waals surface area contributed by atoms with Crippen molar-refractivity contribution < 1.29 is 0 Å². The van der Waals surface area contributed by atoms with E-state index in [0.717, 1.165) is 17.8 Å². The minimum Gasteiger partial charge on any atom is -0.331 e. The highest BCUT2D eigenvalue weighted by molar-refractivity contribution is 6.17. The molecule has 0 unspecified atom stereocenters. The number of hydrogen-bond donors (Lipinski definition) is 0. The van der Waals surface area contributed by atoms with Gasteiger partial charge < -0.3 is 4.57 Å². The van der Waals surface area contributed by atoms with Crippen LogP contribution in [0, 0.1) is 6.92 Å². The summed E-state index contributed by atoms with van der Waals surface area (Å²) in [6.45, 7) is 2.08. The Morgan fingerprint density at radius 3 is 2.93 bits per heavy atom. The maximum atomic E-state index is 5.71. The zero-order valence-corrected chi connectivity index (χ0v) is 9.17. The van der Waals surface area contributed by atoms with Gasteiger partial charge in [-0.2, -0.15) is 0 Å². The van der Waals surface area contributed by atoms with Gasteiger partial charge in [-0.15, -0.1) is 11.6 Å². The first-order chi connectivity index (χ1) is 6.72. The lowest BCUT2D eigenvalue weighted by molar-refractivity contribution is 0.831. The number of aryl methyl sites for hydroxylation is 3. The summed E-state index contributed by atoms with van der Waals surface area (Å²) in [5.41, 5.74) is 3.48. The van der Waals surface area contributed by atoms with Gasteiger partial charge in [-0.1, -0.05) is 6.07 Å². The van der Waals surface area contributed by atoms with Crippen LogP contribution in [0.5, 0.6) is 0 Å². The Kier molecular flexibility index (Phi) is 2.46. The second kappa shape index (κ2) is 3.62. The molecular weight excluding hydrogens is 196 g/mol. The number of benzene rings is 1. The molecule has 1 aromatic carbocycles. The molecule has 1 aromatic heterocycles. The van der Waals surface area contributed by atoms with Crippen LogP contribution in [0.15, 0.2) is 18.2 Å². The summed E-state index contributed by atoms with van der Waals surface area (Å²) in [7, 11) is 2.03. The average molecular weight is 209 g/mol. The molecular formula is C11H13ClN2. The van der Waals surface area contributed by atoms with Crippen molar-refractivity contribution in [3.05, 3.63) is 29.6 Å². The van der Waals surface area contributed by atoms with Crippen LogP contribution < -0.4 is 0 Å². The van der Waals surface area contributed by atoms with Crippen molar-refractivity contribution in [3.63, 3.8) is 0 Å². The fraction of sp³-hybridized carbons (Fsp3) is 0.364. The van der Waals surface area contributed by atoms with Crippen LogP contribution in [-0.2, 0) is 13.5 Å². The molecule has 1 heterocycles. The topological polar surface area (TPSA) is 17.8 Å². The predicted octanol–water partition coefficient (Wildman–Crippen LogP) is 2.66. The Labute approximate surface area is 88.5 Å². The zero-order chi connectivity index (χ0) is 10.1. The molecule has 0 saturated heterocycles. The van der Waals surface area contributed by atoms with Crippen LogP contribution in [0.3, 0.4) is 0 Å². The van der Waals surface area contributed by atoms with E-state index in [0.29, 0.717) is 5.88 Å². The van der Waals surface area contributed by atoms with Crippen LogP contribution in [0.1, 0.15) is 11.4 Å². The third-order valence-corrected chi connectivity index (χ3v) is 2.64. The van der Waals surface area contributed by atoms with Gasteiger partial charge >= 0.3 is 0 Å². The van der Waals surface area contributed by atoms with Gasteiger partial charge in [-0.05, 0) is 24.6 Å². The van der Waals surface area contributed by atoms with Crippen molar-refractivity contribution in [1.82, 2.24) is 9.55 Å². The number of aromatic nitrogens is 2. The van der Waals surface area contributed by atoms with E-state index in [4.69, 9.17) is 11.6 Å². The molecule has 0 amide bonds.